The summed E-state index contributed by atoms with van der Waals surface area (Å²) in [4.78, 5) is 29.2. The molecule has 1 fully saturated rings. The van der Waals surface area contributed by atoms with Gasteiger partial charge >= 0.3 is 0 Å². The fourth-order valence-corrected chi connectivity index (χ4v) is 6.01. The first-order valence-electron chi connectivity index (χ1n) is 14.7. The third kappa shape index (κ3) is 4.91. The topological polar surface area (TPSA) is 107 Å². The Labute approximate surface area is 244 Å². The third-order valence-electron chi connectivity index (χ3n) is 8.17. The Hall–Kier alpha value is -4.92. The Kier molecular flexibility index (Phi) is 6.91. The van der Waals surface area contributed by atoms with Crippen LogP contribution < -0.4 is 16.0 Å². The highest BCUT2D eigenvalue weighted by Crippen LogP contribution is 2.28. The van der Waals surface area contributed by atoms with E-state index >= 15 is 0 Å². The van der Waals surface area contributed by atoms with Gasteiger partial charge in [0.05, 0.1) is 34.9 Å². The van der Waals surface area contributed by atoms with Crippen molar-refractivity contribution in [1.82, 2.24) is 29.4 Å². The Morgan fingerprint density at radius 1 is 0.881 bits per heavy atom. The molecule has 1 saturated heterocycles. The number of para-hydroxylation sites is 3. The molecule has 3 aromatic heterocycles. The first-order chi connectivity index (χ1) is 20.7. The largest absolute Gasteiger partial charge is 0.382 e. The number of fused-ring (bicyclic) bond motifs is 4. The van der Waals surface area contributed by atoms with Crippen LogP contribution in [0.2, 0.25) is 0 Å². The molecule has 7 rings (SSSR count). The summed E-state index contributed by atoms with van der Waals surface area (Å²) >= 11 is 0. The second-order valence-corrected chi connectivity index (χ2v) is 11.0. The minimum Gasteiger partial charge on any atom is -0.382 e. The van der Waals surface area contributed by atoms with Crippen LogP contribution in [0, 0.1) is 0 Å². The van der Waals surface area contributed by atoms with Crippen molar-refractivity contribution < 1.29 is 4.79 Å². The number of imidazole rings is 2. The summed E-state index contributed by atoms with van der Waals surface area (Å²) < 4.78 is 4.43. The van der Waals surface area contributed by atoms with Crippen LogP contribution in [0.4, 0.5) is 11.8 Å². The van der Waals surface area contributed by atoms with E-state index < -0.39 is 0 Å². The van der Waals surface area contributed by atoms with Crippen molar-refractivity contribution in [3.05, 3.63) is 90.3 Å². The molecule has 42 heavy (non-hydrogen) atoms. The van der Waals surface area contributed by atoms with E-state index in [0.29, 0.717) is 24.5 Å². The van der Waals surface area contributed by atoms with Crippen LogP contribution in [-0.2, 0) is 13.1 Å². The molecule has 0 spiro atoms. The van der Waals surface area contributed by atoms with Crippen LogP contribution in [0.3, 0.4) is 0 Å². The van der Waals surface area contributed by atoms with E-state index in [1.807, 2.05) is 54.9 Å². The summed E-state index contributed by atoms with van der Waals surface area (Å²) in [6, 6.07) is 24.2. The van der Waals surface area contributed by atoms with Gasteiger partial charge in [0, 0.05) is 37.1 Å². The van der Waals surface area contributed by atoms with Crippen LogP contribution >= 0.6 is 0 Å². The molecule has 0 saturated carbocycles. The van der Waals surface area contributed by atoms with Crippen LogP contribution in [0.1, 0.15) is 41.6 Å². The molecule has 9 nitrogen and oxygen atoms in total. The Morgan fingerprint density at radius 2 is 1.64 bits per heavy atom. The number of carbonyl (C=O) groups excluding carboxylic acids is 1. The van der Waals surface area contributed by atoms with Crippen LogP contribution in [0.5, 0.6) is 0 Å². The number of anilines is 2. The monoisotopic (exact) mass is 558 g/mol. The SMILES string of the molecule is Nc1nc2ccccc2c2c1ncn2CCCCNC(=O)c1ccc(Cn2c(N3CCCC3)nc3ccccc32)cc1. The van der Waals surface area contributed by atoms with Gasteiger partial charge in [-0.3, -0.25) is 4.79 Å². The summed E-state index contributed by atoms with van der Waals surface area (Å²) in [5.41, 5.74) is 12.7. The number of nitrogens with zero attached hydrogens (tertiary/aromatic N) is 6. The molecule has 212 valence electrons. The number of aryl methyl sites for hydroxylation is 1. The van der Waals surface area contributed by atoms with E-state index in [0.717, 1.165) is 77.0 Å². The van der Waals surface area contributed by atoms with E-state index in [2.05, 4.69) is 53.6 Å². The van der Waals surface area contributed by atoms with Crippen molar-refractivity contribution in [2.24, 2.45) is 0 Å². The Bertz CT molecular complexity index is 1880. The summed E-state index contributed by atoms with van der Waals surface area (Å²) in [6.07, 6.45) is 6.00. The first kappa shape index (κ1) is 26.0. The number of unbranched alkanes of at least 4 members (excludes halogenated alkanes) is 1. The van der Waals surface area contributed by atoms with Crippen LogP contribution in [-0.4, -0.2) is 49.6 Å². The first-order valence-corrected chi connectivity index (χ1v) is 14.7. The lowest BCUT2D eigenvalue weighted by atomic mass is 10.1. The second-order valence-electron chi connectivity index (χ2n) is 11.0. The zero-order valence-electron chi connectivity index (χ0n) is 23.5. The molecular weight excluding hydrogens is 524 g/mol. The predicted octanol–water partition coefficient (Wildman–Crippen LogP) is 5.38. The molecule has 1 aliphatic rings. The van der Waals surface area contributed by atoms with Crippen LogP contribution in [0.15, 0.2) is 79.1 Å². The number of hydrogen-bond acceptors (Lipinski definition) is 6. The molecule has 0 aliphatic carbocycles. The lowest BCUT2D eigenvalue weighted by Crippen LogP contribution is -2.24. The number of nitrogen functional groups attached to an aromatic ring is 1. The minimum absolute atomic E-state index is 0.0506. The molecule has 0 unspecified atom stereocenters. The predicted molar refractivity (Wildman–Crippen MR) is 168 cm³/mol. The van der Waals surface area contributed by atoms with E-state index in [9.17, 15) is 4.79 Å². The zero-order valence-corrected chi connectivity index (χ0v) is 23.5. The van der Waals surface area contributed by atoms with E-state index in [1.165, 1.54) is 12.8 Å². The number of carbonyl (C=O) groups is 1. The molecule has 1 amide bonds. The molecule has 0 bridgehead atoms. The van der Waals surface area contributed by atoms with E-state index in [1.54, 1.807) is 0 Å². The lowest BCUT2D eigenvalue weighted by Gasteiger charge is -2.19. The molecule has 0 radical (unpaired) electrons. The maximum atomic E-state index is 12.9. The quantitative estimate of drug-likeness (QED) is 0.231. The Morgan fingerprint density at radius 3 is 2.48 bits per heavy atom. The zero-order chi connectivity index (χ0) is 28.5. The molecular formula is C33H34N8O. The molecule has 3 aromatic carbocycles. The van der Waals surface area contributed by atoms with E-state index in [-0.39, 0.29) is 5.91 Å². The van der Waals surface area contributed by atoms with Crippen molar-refractivity contribution in [3.8, 4) is 0 Å². The second kappa shape index (κ2) is 11.2. The van der Waals surface area contributed by atoms with Crippen molar-refractivity contribution >= 4 is 50.6 Å². The van der Waals surface area contributed by atoms with Gasteiger partial charge in [0.25, 0.3) is 5.91 Å². The highest BCUT2D eigenvalue weighted by atomic mass is 16.1. The van der Waals surface area contributed by atoms with Crippen LogP contribution in [0.25, 0.3) is 33.0 Å². The number of hydrogen-bond donors (Lipinski definition) is 2. The summed E-state index contributed by atoms with van der Waals surface area (Å²) in [7, 11) is 0. The molecule has 6 aromatic rings. The highest BCUT2D eigenvalue weighted by Gasteiger charge is 2.20. The number of benzene rings is 3. The average Bonchev–Trinajstić information content (AvgIpc) is 3.77. The molecule has 1 aliphatic heterocycles. The van der Waals surface area contributed by atoms with Gasteiger partial charge in [0.15, 0.2) is 5.82 Å². The highest BCUT2D eigenvalue weighted by molar-refractivity contribution is 6.06. The fourth-order valence-electron chi connectivity index (χ4n) is 6.01. The lowest BCUT2D eigenvalue weighted by molar-refractivity contribution is 0.0953. The summed E-state index contributed by atoms with van der Waals surface area (Å²) in [6.45, 7) is 4.21. The minimum atomic E-state index is -0.0506. The summed E-state index contributed by atoms with van der Waals surface area (Å²) in [5, 5.41) is 4.12. The van der Waals surface area contributed by atoms with Crippen molar-refractivity contribution in [2.75, 3.05) is 30.3 Å². The maximum Gasteiger partial charge on any atom is 0.251 e. The molecule has 3 N–H and O–H groups in total. The number of aromatic nitrogens is 5. The van der Waals surface area contributed by atoms with Gasteiger partial charge in [-0.25, -0.2) is 15.0 Å². The van der Waals surface area contributed by atoms with Gasteiger partial charge in [0.2, 0.25) is 5.95 Å². The standard InChI is InChI=1S/C33H34N8O/c34-31-29-30(25-9-1-2-10-26(25)37-31)40(22-36-29)20-6-5-17-35-32(42)24-15-13-23(14-16-24)21-41-28-12-4-3-11-27(28)38-33(41)39-18-7-8-19-39/h1-4,9-16,22H,5-8,17-21H2,(H2,34,37)(H,35,42). The number of amides is 1. The van der Waals surface area contributed by atoms with Gasteiger partial charge in [-0.1, -0.05) is 42.5 Å². The van der Waals surface area contributed by atoms with E-state index in [4.69, 9.17) is 10.7 Å². The van der Waals surface area contributed by atoms with Gasteiger partial charge in [-0.05, 0) is 61.6 Å². The molecule has 0 atom stereocenters. The smallest absolute Gasteiger partial charge is 0.251 e. The normalized spacial score (nSPS) is 13.5. The third-order valence-corrected chi connectivity index (χ3v) is 8.17. The molecule has 4 heterocycles. The number of nitrogens with one attached hydrogen (secondary N) is 1. The van der Waals surface area contributed by atoms with Gasteiger partial charge < -0.3 is 25.1 Å². The van der Waals surface area contributed by atoms with Crippen molar-refractivity contribution in [3.63, 3.8) is 0 Å². The Balaban J connectivity index is 0.960. The summed E-state index contributed by atoms with van der Waals surface area (Å²) in [5.74, 6) is 1.43. The number of pyridine rings is 1. The fraction of sp³-hybridized carbons (Fsp3) is 0.273. The maximum absolute atomic E-state index is 12.9. The van der Waals surface area contributed by atoms with Gasteiger partial charge in [-0.2, -0.15) is 0 Å². The van der Waals surface area contributed by atoms with Crippen molar-refractivity contribution in [2.45, 2.75) is 38.8 Å². The van der Waals surface area contributed by atoms with Gasteiger partial charge in [-0.15, -0.1) is 0 Å². The number of nitrogens with two attached hydrogens (primary N) is 1. The number of rotatable bonds is 9. The average molecular weight is 559 g/mol. The van der Waals surface area contributed by atoms with Crippen molar-refractivity contribution in [1.29, 1.82) is 0 Å². The van der Waals surface area contributed by atoms with Gasteiger partial charge in [0.1, 0.15) is 5.52 Å². The molecule has 9 heteroatoms.